The smallest absolute Gasteiger partial charge is 0.377 e. The number of halogens is 9. The van der Waals surface area contributed by atoms with Crippen molar-refractivity contribution in [3.8, 4) is 0 Å². The number of methoxy groups -OCH3 is 1. The van der Waals surface area contributed by atoms with Crippen LogP contribution in [0.15, 0.2) is 36.4 Å². The lowest BCUT2D eigenvalue weighted by atomic mass is 9.89. The van der Waals surface area contributed by atoms with E-state index in [1.807, 2.05) is 0 Å². The van der Waals surface area contributed by atoms with Crippen molar-refractivity contribution in [3.63, 3.8) is 0 Å². The molecule has 0 aliphatic heterocycles. The number of hydrogen-bond acceptors (Lipinski definition) is 5. The Labute approximate surface area is 210 Å². The molecule has 0 aliphatic carbocycles. The SMILES string of the molecule is CC[C@H](OC)c1ccc(C(F)(F)F)cc1C(Cc1cc(C(F)(F)F)cc(C(F)(F)F)c1)Nc1nnn(C)n1. The average molecular weight is 555 g/mol. The fourth-order valence-electron chi connectivity index (χ4n) is 3.97. The Hall–Kier alpha value is -3.36. The van der Waals surface area contributed by atoms with Gasteiger partial charge in [-0.25, -0.2) is 0 Å². The van der Waals surface area contributed by atoms with Gasteiger partial charge in [0, 0.05) is 7.11 Å². The Kier molecular flexibility index (Phi) is 8.29. The molecule has 1 unspecified atom stereocenters. The maximum absolute atomic E-state index is 13.6. The molecule has 208 valence electrons. The Morgan fingerprint density at radius 1 is 0.842 bits per heavy atom. The third-order valence-corrected chi connectivity index (χ3v) is 5.69. The van der Waals surface area contributed by atoms with Crippen molar-refractivity contribution in [2.45, 2.75) is 50.4 Å². The summed E-state index contributed by atoms with van der Waals surface area (Å²) in [6.45, 7) is 1.70. The molecule has 15 heteroatoms. The molecule has 1 N–H and O–H groups in total. The second kappa shape index (κ2) is 10.8. The van der Waals surface area contributed by atoms with Crippen molar-refractivity contribution in [1.82, 2.24) is 20.2 Å². The molecule has 3 rings (SSSR count). The van der Waals surface area contributed by atoms with Gasteiger partial charge in [0.05, 0.1) is 35.9 Å². The largest absolute Gasteiger partial charge is 0.416 e. The lowest BCUT2D eigenvalue weighted by Gasteiger charge is -2.26. The first-order valence-electron chi connectivity index (χ1n) is 11.1. The molecule has 0 radical (unpaired) electrons. The lowest BCUT2D eigenvalue weighted by molar-refractivity contribution is -0.143. The standard InChI is InChI=1S/C23H22F9N5O/c1-4-19(38-3)16-6-5-13(21(24,25)26)11-17(16)18(33-20-34-36-37(2)35-20)9-12-7-14(22(27,28)29)10-15(8-12)23(30,31)32/h5-8,10-11,18-19H,4,9H2,1-3H3,(H,33,35)/t18?,19-/m0/s1. The molecular weight excluding hydrogens is 533 g/mol. The fraction of sp³-hybridized carbons (Fsp3) is 0.435. The topological polar surface area (TPSA) is 64.9 Å². The number of hydrogen-bond donors (Lipinski definition) is 1. The first kappa shape index (κ1) is 29.2. The summed E-state index contributed by atoms with van der Waals surface area (Å²) in [5, 5.41) is 13.9. The van der Waals surface area contributed by atoms with E-state index in [9.17, 15) is 39.5 Å². The highest BCUT2D eigenvalue weighted by molar-refractivity contribution is 5.43. The Morgan fingerprint density at radius 2 is 1.42 bits per heavy atom. The number of nitrogens with zero attached hydrogens (tertiary/aromatic N) is 4. The molecule has 0 saturated carbocycles. The number of nitrogens with one attached hydrogen (secondary N) is 1. The van der Waals surface area contributed by atoms with Gasteiger partial charge in [0.25, 0.3) is 5.95 Å². The van der Waals surface area contributed by atoms with Gasteiger partial charge in [0.15, 0.2) is 0 Å². The molecule has 0 spiro atoms. The van der Waals surface area contributed by atoms with Crippen molar-refractivity contribution in [1.29, 1.82) is 0 Å². The van der Waals surface area contributed by atoms with Crippen LogP contribution in [0, 0.1) is 0 Å². The molecule has 2 atom stereocenters. The van der Waals surface area contributed by atoms with E-state index in [1.165, 1.54) is 20.2 Å². The first-order chi connectivity index (χ1) is 17.5. The summed E-state index contributed by atoms with van der Waals surface area (Å²) in [7, 11) is 2.72. The first-order valence-corrected chi connectivity index (χ1v) is 11.1. The Morgan fingerprint density at radius 3 is 1.87 bits per heavy atom. The van der Waals surface area contributed by atoms with Crippen LogP contribution in [0.25, 0.3) is 0 Å². The maximum atomic E-state index is 13.6. The number of rotatable bonds is 8. The molecule has 38 heavy (non-hydrogen) atoms. The van der Waals surface area contributed by atoms with Crippen LogP contribution in [-0.4, -0.2) is 27.3 Å². The molecule has 1 heterocycles. The van der Waals surface area contributed by atoms with Crippen molar-refractivity contribution in [2.24, 2.45) is 7.05 Å². The molecule has 0 amide bonds. The summed E-state index contributed by atoms with van der Waals surface area (Å²) in [5.74, 6) is -0.200. The van der Waals surface area contributed by atoms with Gasteiger partial charge in [-0.15, -0.1) is 5.10 Å². The van der Waals surface area contributed by atoms with Crippen molar-refractivity contribution < 1.29 is 44.3 Å². The lowest BCUT2D eigenvalue weighted by Crippen LogP contribution is -2.20. The second-order valence-electron chi connectivity index (χ2n) is 8.39. The normalized spacial score (nSPS) is 14.4. The van der Waals surface area contributed by atoms with Crippen LogP contribution >= 0.6 is 0 Å². The van der Waals surface area contributed by atoms with Crippen LogP contribution in [0.2, 0.25) is 0 Å². The summed E-state index contributed by atoms with van der Waals surface area (Å²) in [6, 6.07) is 2.49. The van der Waals surface area contributed by atoms with E-state index in [2.05, 4.69) is 20.7 Å². The van der Waals surface area contributed by atoms with Crippen molar-refractivity contribution in [3.05, 3.63) is 69.8 Å². The molecule has 0 aliphatic rings. The minimum Gasteiger partial charge on any atom is -0.377 e. The number of ether oxygens (including phenoxy) is 1. The van der Waals surface area contributed by atoms with E-state index < -0.39 is 59.3 Å². The summed E-state index contributed by atoms with van der Waals surface area (Å²) in [6.07, 6.45) is -16.0. The van der Waals surface area contributed by atoms with E-state index in [0.717, 1.165) is 16.9 Å². The molecule has 2 aromatic carbocycles. The predicted octanol–water partition coefficient (Wildman–Crippen LogP) is 6.76. The minimum absolute atomic E-state index is 0.0239. The van der Waals surface area contributed by atoms with E-state index >= 15 is 0 Å². The van der Waals surface area contributed by atoms with Gasteiger partial charge in [0.2, 0.25) is 0 Å². The van der Waals surface area contributed by atoms with Gasteiger partial charge in [-0.1, -0.05) is 18.1 Å². The number of aromatic nitrogens is 4. The van der Waals surface area contributed by atoms with Crippen LogP contribution in [0.3, 0.4) is 0 Å². The summed E-state index contributed by atoms with van der Waals surface area (Å²) < 4.78 is 127. The molecule has 6 nitrogen and oxygen atoms in total. The molecule has 3 aromatic rings. The van der Waals surface area contributed by atoms with Crippen LogP contribution in [-0.2, 0) is 36.7 Å². The van der Waals surface area contributed by atoms with Crippen molar-refractivity contribution in [2.75, 3.05) is 12.4 Å². The van der Waals surface area contributed by atoms with Crippen LogP contribution in [0.4, 0.5) is 45.5 Å². The number of benzene rings is 2. The zero-order valence-electron chi connectivity index (χ0n) is 20.1. The van der Waals surface area contributed by atoms with E-state index in [4.69, 9.17) is 4.74 Å². The average Bonchev–Trinajstić information content (AvgIpc) is 3.22. The van der Waals surface area contributed by atoms with E-state index in [0.29, 0.717) is 18.6 Å². The highest BCUT2D eigenvalue weighted by Gasteiger charge is 2.38. The Bertz CT molecular complexity index is 1220. The van der Waals surface area contributed by atoms with Gasteiger partial charge in [-0.2, -0.15) is 44.3 Å². The number of tetrazole rings is 1. The van der Waals surface area contributed by atoms with E-state index in [1.54, 1.807) is 6.92 Å². The van der Waals surface area contributed by atoms with Crippen molar-refractivity contribution >= 4 is 5.95 Å². The quantitative estimate of drug-likeness (QED) is 0.311. The summed E-state index contributed by atoms with van der Waals surface area (Å²) in [5.41, 5.74) is -4.40. The zero-order valence-corrected chi connectivity index (χ0v) is 20.1. The monoisotopic (exact) mass is 555 g/mol. The maximum Gasteiger partial charge on any atom is 0.416 e. The highest BCUT2D eigenvalue weighted by Crippen LogP contribution is 2.40. The van der Waals surface area contributed by atoms with Gasteiger partial charge < -0.3 is 10.1 Å². The minimum atomic E-state index is -5.10. The van der Waals surface area contributed by atoms with Crippen LogP contribution in [0.5, 0.6) is 0 Å². The number of alkyl halides is 9. The summed E-state index contributed by atoms with van der Waals surface area (Å²) in [4.78, 5) is 1.02. The highest BCUT2D eigenvalue weighted by atomic mass is 19.4. The van der Waals surface area contributed by atoms with E-state index in [-0.39, 0.29) is 23.1 Å². The predicted molar refractivity (Wildman–Crippen MR) is 117 cm³/mol. The van der Waals surface area contributed by atoms with Crippen LogP contribution in [0.1, 0.15) is 58.9 Å². The van der Waals surface area contributed by atoms with Crippen LogP contribution < -0.4 is 5.32 Å². The Balaban J connectivity index is 2.23. The molecule has 0 bridgehead atoms. The third-order valence-electron chi connectivity index (χ3n) is 5.69. The number of aryl methyl sites for hydroxylation is 1. The second-order valence-corrected chi connectivity index (χ2v) is 8.39. The third kappa shape index (κ3) is 6.94. The van der Waals surface area contributed by atoms with Gasteiger partial charge >= 0.3 is 18.5 Å². The zero-order chi connectivity index (χ0) is 28.5. The molecular formula is C23H22F9N5O. The summed E-state index contributed by atoms with van der Waals surface area (Å²) >= 11 is 0. The molecule has 0 saturated heterocycles. The van der Waals surface area contributed by atoms with Gasteiger partial charge in [0.1, 0.15) is 0 Å². The van der Waals surface area contributed by atoms with Gasteiger partial charge in [-0.3, -0.25) is 0 Å². The number of anilines is 1. The molecule has 1 aromatic heterocycles. The van der Waals surface area contributed by atoms with Gasteiger partial charge in [-0.05, 0) is 65.1 Å². The fourth-order valence-corrected chi connectivity index (χ4v) is 3.97. The molecule has 0 fully saturated rings.